The Morgan fingerprint density at radius 1 is 2.00 bits per heavy atom. The molecule has 0 fully saturated rings. The Hall–Kier alpha value is -0.670. The van der Waals surface area contributed by atoms with E-state index in [0.29, 0.717) is 0 Å². The van der Waals surface area contributed by atoms with Gasteiger partial charge in [-0.3, -0.25) is 10.1 Å². The lowest BCUT2D eigenvalue weighted by Crippen LogP contribution is -1.90. The van der Waals surface area contributed by atoms with E-state index in [0.717, 1.165) is 0 Å². The largest absolute Gasteiger partial charge is 0.340 e. The van der Waals surface area contributed by atoms with Gasteiger partial charge >= 0.3 is 6.80 Å². The molecule has 0 aliphatic carbocycles. The fourth-order valence-corrected chi connectivity index (χ4v) is 0. The van der Waals surface area contributed by atoms with Crippen LogP contribution in [0.5, 0.6) is 0 Å². The van der Waals surface area contributed by atoms with Gasteiger partial charge in [-0.2, -0.15) is 4.39 Å². The maximum atomic E-state index is 10.4. The molecule has 0 aliphatic heterocycles. The van der Waals surface area contributed by atoms with Crippen LogP contribution in [0.25, 0.3) is 0 Å². The number of hydrogen-bond acceptors (Lipinski definition) is 2. The third-order valence-corrected chi connectivity index (χ3v) is 0.0976. The van der Waals surface area contributed by atoms with Gasteiger partial charge in [0.15, 0.2) is 0 Å². The van der Waals surface area contributed by atoms with Gasteiger partial charge in [0.25, 0.3) is 0 Å². The Balaban J connectivity index is 2.85. The predicted molar refractivity (Wildman–Crippen MR) is 13.0 cm³/mol. The van der Waals surface area contributed by atoms with Crippen LogP contribution < -0.4 is 0 Å². The molecule has 0 bridgehead atoms. The normalized spacial score (nSPS) is 7.40. The predicted octanol–water partition coefficient (Wildman–Crippen LogP) is 0.190. The quantitative estimate of drug-likeness (QED) is 0.256. The van der Waals surface area contributed by atoms with Crippen molar-refractivity contribution in [2.75, 3.05) is 6.80 Å². The van der Waals surface area contributed by atoms with Crippen molar-refractivity contribution in [2.45, 2.75) is 0 Å². The summed E-state index contributed by atoms with van der Waals surface area (Å²) < 4.78 is 10.4. The lowest BCUT2D eigenvalue weighted by Gasteiger charge is -1.70. The minimum Gasteiger partial charge on any atom is -0.262 e. The third kappa shape index (κ3) is 3.33. The first kappa shape index (κ1) is 4.33. The first-order chi connectivity index (χ1) is 2.27. The highest BCUT2D eigenvalue weighted by Crippen LogP contribution is 1.62. The summed E-state index contributed by atoms with van der Waals surface area (Å²) in [6.07, 6.45) is 0. The lowest BCUT2D eigenvalue weighted by atomic mass is 11.4. The SMILES string of the molecule is O=[N+]([O-])CF. The van der Waals surface area contributed by atoms with E-state index in [1.165, 1.54) is 0 Å². The Bertz CT molecular complexity index is 44.9. The van der Waals surface area contributed by atoms with Crippen LogP contribution in [0, 0.1) is 10.1 Å². The molecule has 0 rings (SSSR count). The van der Waals surface area contributed by atoms with Crippen molar-refractivity contribution >= 4 is 0 Å². The Morgan fingerprint density at radius 2 is 2.20 bits per heavy atom. The molecule has 0 spiro atoms. The fourth-order valence-electron chi connectivity index (χ4n) is 0. The summed E-state index contributed by atoms with van der Waals surface area (Å²) in [7, 11) is 0. The molecule has 0 saturated carbocycles. The van der Waals surface area contributed by atoms with Crippen molar-refractivity contribution < 1.29 is 9.31 Å². The molecule has 0 aromatic heterocycles. The topological polar surface area (TPSA) is 43.1 Å². The zero-order valence-electron chi connectivity index (χ0n) is 2.35. The molecular formula is CH2FNO2. The summed E-state index contributed by atoms with van der Waals surface area (Å²) in [5, 5.41) is 8.80. The van der Waals surface area contributed by atoms with E-state index in [9.17, 15) is 4.39 Å². The Kier molecular flexibility index (Phi) is 1.41. The van der Waals surface area contributed by atoms with Crippen LogP contribution in [0.3, 0.4) is 0 Å². The molecule has 0 saturated heterocycles. The van der Waals surface area contributed by atoms with Gasteiger partial charge in [0, 0.05) is 0 Å². The van der Waals surface area contributed by atoms with Crippen LogP contribution in [0.2, 0.25) is 0 Å². The average Bonchev–Trinajstić information content (AvgIpc) is 1.38. The second kappa shape index (κ2) is 1.63. The number of halogens is 1. The average molecular weight is 79.0 g/mol. The van der Waals surface area contributed by atoms with E-state index in [4.69, 9.17) is 10.1 Å². The second-order valence-corrected chi connectivity index (χ2v) is 0.452. The molecule has 4 heteroatoms. The molecule has 0 heterocycles. The number of nitrogens with zero attached hydrogens (tertiary/aromatic N) is 1. The first-order valence-corrected chi connectivity index (χ1v) is 0.949. The Labute approximate surface area is 27.6 Å². The highest BCUT2D eigenvalue weighted by molar-refractivity contribution is 3.96. The van der Waals surface area contributed by atoms with Crippen molar-refractivity contribution in [1.82, 2.24) is 0 Å². The van der Waals surface area contributed by atoms with E-state index in [-0.39, 0.29) is 0 Å². The maximum Gasteiger partial charge on any atom is 0.340 e. The number of nitro groups is 1. The number of alkyl halides is 1. The van der Waals surface area contributed by atoms with Gasteiger partial charge in [-0.15, -0.1) is 0 Å². The van der Waals surface area contributed by atoms with Gasteiger partial charge in [0.1, 0.15) is 0 Å². The van der Waals surface area contributed by atoms with E-state index in [2.05, 4.69) is 0 Å². The van der Waals surface area contributed by atoms with Crippen LogP contribution in [0.4, 0.5) is 4.39 Å². The fraction of sp³-hybridized carbons (Fsp3) is 1.00. The molecule has 0 aliphatic rings. The van der Waals surface area contributed by atoms with E-state index in [1.54, 1.807) is 0 Å². The van der Waals surface area contributed by atoms with E-state index < -0.39 is 11.7 Å². The van der Waals surface area contributed by atoms with E-state index in [1.807, 2.05) is 0 Å². The number of hydrogen-bond donors (Lipinski definition) is 0. The van der Waals surface area contributed by atoms with E-state index >= 15 is 0 Å². The van der Waals surface area contributed by atoms with Crippen molar-refractivity contribution in [3.63, 3.8) is 0 Å². The summed E-state index contributed by atoms with van der Waals surface area (Å²) in [5.41, 5.74) is 0. The van der Waals surface area contributed by atoms with Crippen molar-refractivity contribution in [2.24, 2.45) is 0 Å². The summed E-state index contributed by atoms with van der Waals surface area (Å²) in [5.74, 6) is 0. The highest BCUT2D eigenvalue weighted by atomic mass is 19.1. The summed E-state index contributed by atoms with van der Waals surface area (Å²) in [4.78, 5) is 7.76. The molecule has 0 amide bonds. The van der Waals surface area contributed by atoms with Crippen molar-refractivity contribution in [3.05, 3.63) is 10.1 Å². The second-order valence-electron chi connectivity index (χ2n) is 0.452. The molecule has 5 heavy (non-hydrogen) atoms. The summed E-state index contributed by atoms with van der Waals surface area (Å²) in [6, 6.07) is 0. The molecule has 0 unspecified atom stereocenters. The molecule has 0 atom stereocenters. The lowest BCUT2D eigenvalue weighted by molar-refractivity contribution is -0.505. The highest BCUT2D eigenvalue weighted by Gasteiger charge is 1.81. The Morgan fingerprint density at radius 3 is 2.20 bits per heavy atom. The molecule has 0 aromatic carbocycles. The molecule has 30 valence electrons. The molecular weight excluding hydrogens is 77.0 g/mol. The van der Waals surface area contributed by atoms with Crippen LogP contribution in [-0.2, 0) is 0 Å². The van der Waals surface area contributed by atoms with Gasteiger partial charge in [0.05, 0.1) is 4.92 Å². The van der Waals surface area contributed by atoms with Crippen LogP contribution in [0.1, 0.15) is 0 Å². The smallest absolute Gasteiger partial charge is 0.262 e. The van der Waals surface area contributed by atoms with Crippen LogP contribution in [-0.4, -0.2) is 11.7 Å². The molecule has 0 radical (unpaired) electrons. The standard InChI is InChI=1S/CH2FNO2/c2-1-3(4)5/h1H2. The molecule has 0 N–H and O–H groups in total. The zero-order valence-corrected chi connectivity index (χ0v) is 2.35. The number of rotatable bonds is 1. The van der Waals surface area contributed by atoms with Gasteiger partial charge in [-0.25, -0.2) is 0 Å². The van der Waals surface area contributed by atoms with Crippen LogP contribution in [0.15, 0.2) is 0 Å². The van der Waals surface area contributed by atoms with Gasteiger partial charge in [-0.1, -0.05) is 0 Å². The van der Waals surface area contributed by atoms with Crippen molar-refractivity contribution in [1.29, 1.82) is 0 Å². The van der Waals surface area contributed by atoms with Gasteiger partial charge in [-0.05, 0) is 0 Å². The monoisotopic (exact) mass is 79.0 g/mol. The molecule has 0 aromatic rings. The minimum absolute atomic E-state index is 1.04. The van der Waals surface area contributed by atoms with Crippen LogP contribution >= 0.6 is 0 Å². The molecule has 3 nitrogen and oxygen atoms in total. The van der Waals surface area contributed by atoms with Gasteiger partial charge in [0.2, 0.25) is 0 Å². The van der Waals surface area contributed by atoms with Crippen molar-refractivity contribution in [3.8, 4) is 0 Å². The minimum atomic E-state index is -1.47. The zero-order chi connectivity index (χ0) is 4.28. The third-order valence-electron chi connectivity index (χ3n) is 0.0976. The summed E-state index contributed by atoms with van der Waals surface area (Å²) >= 11 is 0. The first-order valence-electron chi connectivity index (χ1n) is 0.949. The maximum absolute atomic E-state index is 10.4. The summed E-state index contributed by atoms with van der Waals surface area (Å²) in [6.45, 7) is -1.47. The van der Waals surface area contributed by atoms with Gasteiger partial charge < -0.3 is 0 Å².